The highest BCUT2D eigenvalue weighted by atomic mass is 32.2. The van der Waals surface area contributed by atoms with Gasteiger partial charge in [0.05, 0.1) is 5.69 Å². The Balaban J connectivity index is 1.44. The van der Waals surface area contributed by atoms with Crippen molar-refractivity contribution in [2.45, 2.75) is 10.9 Å². The number of benzene rings is 2. The Morgan fingerprint density at radius 3 is 2.26 bits per heavy atom. The van der Waals surface area contributed by atoms with Gasteiger partial charge < -0.3 is 0 Å². The summed E-state index contributed by atoms with van der Waals surface area (Å²) < 4.78 is 17.3. The highest BCUT2D eigenvalue weighted by Gasteiger charge is 2.16. The summed E-state index contributed by atoms with van der Waals surface area (Å²) in [6.45, 7) is 0. The van der Waals surface area contributed by atoms with Crippen LogP contribution in [-0.2, 0) is 5.75 Å². The zero-order valence-electron chi connectivity index (χ0n) is 16.3. The standard InChI is InChI=1S/C23H17FN6S/c24-19-4-8-21(9-5-19)30-22(18-10-13-25-14-11-18)27-28-23(30)31-16-17-2-6-20(7-3-17)29-15-1-12-26-29/h1-15H,16H2. The Bertz CT molecular complexity index is 1270. The molecule has 31 heavy (non-hydrogen) atoms. The summed E-state index contributed by atoms with van der Waals surface area (Å²) in [4.78, 5) is 4.07. The first-order valence-electron chi connectivity index (χ1n) is 9.61. The summed E-state index contributed by atoms with van der Waals surface area (Å²) >= 11 is 1.58. The minimum Gasteiger partial charge on any atom is -0.270 e. The van der Waals surface area contributed by atoms with E-state index in [1.54, 1.807) is 42.5 Å². The lowest BCUT2D eigenvalue weighted by Gasteiger charge is -2.10. The number of rotatable bonds is 6. The molecule has 5 rings (SSSR count). The van der Waals surface area contributed by atoms with Crippen molar-refractivity contribution in [1.82, 2.24) is 29.5 Å². The molecule has 0 bridgehead atoms. The van der Waals surface area contributed by atoms with Crippen LogP contribution in [0.15, 0.2) is 96.7 Å². The van der Waals surface area contributed by atoms with Gasteiger partial charge in [0.2, 0.25) is 0 Å². The SMILES string of the molecule is Fc1ccc(-n2c(SCc3ccc(-n4cccn4)cc3)nnc2-c2ccncc2)cc1. The molecule has 0 saturated carbocycles. The Kier molecular flexibility index (Phi) is 5.28. The highest BCUT2D eigenvalue weighted by Crippen LogP contribution is 2.29. The van der Waals surface area contributed by atoms with Gasteiger partial charge in [0.1, 0.15) is 5.82 Å². The third-order valence-corrected chi connectivity index (χ3v) is 5.73. The number of hydrogen-bond donors (Lipinski definition) is 0. The smallest absolute Gasteiger partial charge is 0.196 e. The first-order valence-corrected chi connectivity index (χ1v) is 10.6. The third kappa shape index (κ3) is 4.10. The van der Waals surface area contributed by atoms with Crippen molar-refractivity contribution >= 4 is 11.8 Å². The molecule has 0 fully saturated rings. The first kappa shape index (κ1) is 19.2. The van der Waals surface area contributed by atoms with Crippen LogP contribution in [0.1, 0.15) is 5.56 Å². The highest BCUT2D eigenvalue weighted by molar-refractivity contribution is 7.98. The molecule has 2 aromatic carbocycles. The Labute approximate surface area is 182 Å². The number of pyridine rings is 1. The van der Waals surface area contributed by atoms with Crippen LogP contribution in [0.5, 0.6) is 0 Å². The van der Waals surface area contributed by atoms with Gasteiger partial charge >= 0.3 is 0 Å². The van der Waals surface area contributed by atoms with E-state index >= 15 is 0 Å². The summed E-state index contributed by atoms with van der Waals surface area (Å²) in [7, 11) is 0. The first-order chi connectivity index (χ1) is 15.3. The summed E-state index contributed by atoms with van der Waals surface area (Å²) in [5, 5.41) is 13.8. The van der Waals surface area contributed by atoms with Gasteiger partial charge in [-0.25, -0.2) is 9.07 Å². The molecule has 0 saturated heterocycles. The van der Waals surface area contributed by atoms with Crippen molar-refractivity contribution in [1.29, 1.82) is 0 Å². The second kappa shape index (κ2) is 8.53. The molecule has 152 valence electrons. The maximum Gasteiger partial charge on any atom is 0.196 e. The lowest BCUT2D eigenvalue weighted by Crippen LogP contribution is -2.00. The van der Waals surface area contributed by atoms with E-state index in [9.17, 15) is 4.39 Å². The molecule has 0 aliphatic carbocycles. The van der Waals surface area contributed by atoms with Gasteiger partial charge in [0, 0.05) is 41.8 Å². The van der Waals surface area contributed by atoms with E-state index < -0.39 is 0 Å². The Morgan fingerprint density at radius 2 is 1.55 bits per heavy atom. The van der Waals surface area contributed by atoms with Crippen molar-refractivity contribution in [3.63, 3.8) is 0 Å². The van der Waals surface area contributed by atoms with Gasteiger partial charge in [-0.15, -0.1) is 10.2 Å². The number of aromatic nitrogens is 6. The molecular weight excluding hydrogens is 411 g/mol. The van der Waals surface area contributed by atoms with Crippen LogP contribution in [0.4, 0.5) is 4.39 Å². The molecule has 0 radical (unpaired) electrons. The van der Waals surface area contributed by atoms with E-state index in [-0.39, 0.29) is 5.82 Å². The van der Waals surface area contributed by atoms with E-state index in [1.165, 1.54) is 12.1 Å². The predicted molar refractivity (Wildman–Crippen MR) is 118 cm³/mol. The van der Waals surface area contributed by atoms with Crippen molar-refractivity contribution in [2.75, 3.05) is 0 Å². The summed E-state index contributed by atoms with van der Waals surface area (Å²) in [5.41, 5.74) is 3.85. The Morgan fingerprint density at radius 1 is 0.806 bits per heavy atom. The molecule has 0 aliphatic heterocycles. The number of thioether (sulfide) groups is 1. The van der Waals surface area contributed by atoms with Crippen molar-refractivity contribution in [3.05, 3.63) is 103 Å². The van der Waals surface area contributed by atoms with Gasteiger partial charge in [-0.2, -0.15) is 5.10 Å². The van der Waals surface area contributed by atoms with Gasteiger partial charge in [-0.1, -0.05) is 23.9 Å². The zero-order chi connectivity index (χ0) is 21.0. The van der Waals surface area contributed by atoms with E-state index in [1.807, 2.05) is 45.8 Å². The molecular formula is C23H17FN6S. The number of halogens is 1. The average molecular weight is 428 g/mol. The van der Waals surface area contributed by atoms with Crippen molar-refractivity contribution < 1.29 is 4.39 Å². The minimum absolute atomic E-state index is 0.284. The number of hydrogen-bond acceptors (Lipinski definition) is 5. The average Bonchev–Trinajstić information content (AvgIpc) is 3.50. The summed E-state index contributed by atoms with van der Waals surface area (Å²) in [6.07, 6.45) is 7.10. The fraction of sp³-hybridized carbons (Fsp3) is 0.0435. The second-order valence-electron chi connectivity index (χ2n) is 6.76. The molecule has 3 heterocycles. The minimum atomic E-state index is -0.284. The van der Waals surface area contributed by atoms with Crippen molar-refractivity contribution in [2.24, 2.45) is 0 Å². The Hall–Kier alpha value is -3.78. The van der Waals surface area contributed by atoms with Crippen LogP contribution in [0, 0.1) is 5.82 Å². The lowest BCUT2D eigenvalue weighted by atomic mass is 10.2. The topological polar surface area (TPSA) is 61.4 Å². The second-order valence-corrected chi connectivity index (χ2v) is 7.70. The molecule has 0 atom stereocenters. The molecule has 3 aromatic heterocycles. The zero-order valence-corrected chi connectivity index (χ0v) is 17.2. The van der Waals surface area contributed by atoms with Crippen LogP contribution in [0.2, 0.25) is 0 Å². The molecule has 0 aliphatic rings. The lowest BCUT2D eigenvalue weighted by molar-refractivity contribution is 0.627. The molecule has 6 nitrogen and oxygen atoms in total. The largest absolute Gasteiger partial charge is 0.270 e. The molecule has 0 spiro atoms. The normalized spacial score (nSPS) is 11.0. The van der Waals surface area contributed by atoms with Crippen molar-refractivity contribution in [3.8, 4) is 22.8 Å². The van der Waals surface area contributed by atoms with E-state index in [4.69, 9.17) is 0 Å². The molecule has 8 heteroatoms. The van der Waals surface area contributed by atoms with Crippen LogP contribution < -0.4 is 0 Å². The maximum atomic E-state index is 13.5. The quantitative estimate of drug-likeness (QED) is 0.358. The van der Waals surface area contributed by atoms with Crippen LogP contribution in [-0.4, -0.2) is 29.5 Å². The molecule has 0 unspecified atom stereocenters. The van der Waals surface area contributed by atoms with Gasteiger partial charge in [0.25, 0.3) is 0 Å². The molecule has 5 aromatic rings. The monoisotopic (exact) mass is 428 g/mol. The predicted octanol–water partition coefficient (Wildman–Crippen LogP) is 4.95. The third-order valence-electron chi connectivity index (χ3n) is 4.73. The van der Waals surface area contributed by atoms with E-state index in [2.05, 4.69) is 32.4 Å². The van der Waals surface area contributed by atoms with Crippen LogP contribution >= 0.6 is 11.8 Å². The van der Waals surface area contributed by atoms with Gasteiger partial charge in [-0.05, 0) is 60.2 Å². The summed E-state index contributed by atoms with van der Waals surface area (Å²) in [5.74, 6) is 1.12. The van der Waals surface area contributed by atoms with Gasteiger partial charge in [-0.3, -0.25) is 9.55 Å². The fourth-order valence-corrected chi connectivity index (χ4v) is 4.10. The van der Waals surface area contributed by atoms with E-state index in [0.717, 1.165) is 33.4 Å². The van der Waals surface area contributed by atoms with Gasteiger partial charge in [0.15, 0.2) is 11.0 Å². The fourth-order valence-electron chi connectivity index (χ4n) is 3.19. The summed E-state index contributed by atoms with van der Waals surface area (Å²) in [6, 6.07) is 20.2. The molecule has 0 N–H and O–H groups in total. The maximum absolute atomic E-state index is 13.5. The van der Waals surface area contributed by atoms with Crippen LogP contribution in [0.25, 0.3) is 22.8 Å². The van der Waals surface area contributed by atoms with E-state index in [0.29, 0.717) is 5.82 Å². The van der Waals surface area contributed by atoms with Crippen LogP contribution in [0.3, 0.4) is 0 Å². The number of nitrogens with zero attached hydrogens (tertiary/aromatic N) is 6. The molecule has 0 amide bonds.